The SMILES string of the molecule is CCCC(/C(=N/O)c1ccccc1)n1cncn1. The smallest absolute Gasteiger partial charge is 0.137 e. The zero-order valence-corrected chi connectivity index (χ0v) is 10.3. The molecule has 1 heterocycles. The third kappa shape index (κ3) is 2.56. The van der Waals surface area contributed by atoms with Crippen molar-refractivity contribution in [3.05, 3.63) is 48.5 Å². The highest BCUT2D eigenvalue weighted by atomic mass is 16.4. The number of benzene rings is 1. The number of hydrogen-bond acceptors (Lipinski definition) is 4. The first-order valence-electron chi connectivity index (χ1n) is 5.98. The van der Waals surface area contributed by atoms with Crippen molar-refractivity contribution in [3.8, 4) is 0 Å². The largest absolute Gasteiger partial charge is 0.411 e. The van der Waals surface area contributed by atoms with E-state index in [-0.39, 0.29) is 6.04 Å². The van der Waals surface area contributed by atoms with Gasteiger partial charge in [-0.1, -0.05) is 48.8 Å². The van der Waals surface area contributed by atoms with Crippen LogP contribution in [0.25, 0.3) is 0 Å². The second-order valence-corrected chi connectivity index (χ2v) is 4.03. The Hall–Kier alpha value is -2.17. The zero-order chi connectivity index (χ0) is 12.8. The molecule has 0 bridgehead atoms. The minimum absolute atomic E-state index is 0.0927. The van der Waals surface area contributed by atoms with Gasteiger partial charge in [0, 0.05) is 5.56 Å². The molecule has 94 valence electrons. The van der Waals surface area contributed by atoms with Gasteiger partial charge in [-0.25, -0.2) is 9.67 Å². The highest BCUT2D eigenvalue weighted by Crippen LogP contribution is 2.19. The van der Waals surface area contributed by atoms with E-state index in [0.29, 0.717) is 5.71 Å². The van der Waals surface area contributed by atoms with Crippen molar-refractivity contribution in [2.24, 2.45) is 5.16 Å². The predicted molar refractivity (Wildman–Crippen MR) is 68.7 cm³/mol. The lowest BCUT2D eigenvalue weighted by molar-refractivity contribution is 0.313. The van der Waals surface area contributed by atoms with Crippen LogP contribution in [-0.4, -0.2) is 25.7 Å². The number of oxime groups is 1. The van der Waals surface area contributed by atoms with Gasteiger partial charge in [0.1, 0.15) is 18.4 Å². The molecule has 0 amide bonds. The molecule has 1 aromatic carbocycles. The Labute approximate surface area is 106 Å². The maximum absolute atomic E-state index is 9.30. The molecular weight excluding hydrogens is 228 g/mol. The molecule has 0 saturated carbocycles. The molecule has 0 spiro atoms. The first-order valence-corrected chi connectivity index (χ1v) is 5.98. The fraction of sp³-hybridized carbons (Fsp3) is 0.308. The van der Waals surface area contributed by atoms with Crippen molar-refractivity contribution in [1.82, 2.24) is 14.8 Å². The average molecular weight is 244 g/mol. The molecule has 0 fully saturated rings. The van der Waals surface area contributed by atoms with Crippen molar-refractivity contribution < 1.29 is 5.21 Å². The van der Waals surface area contributed by atoms with Crippen LogP contribution in [0.2, 0.25) is 0 Å². The summed E-state index contributed by atoms with van der Waals surface area (Å²) < 4.78 is 1.73. The maximum atomic E-state index is 9.30. The fourth-order valence-corrected chi connectivity index (χ4v) is 1.97. The summed E-state index contributed by atoms with van der Waals surface area (Å²) in [6.45, 7) is 2.09. The molecule has 1 atom stereocenters. The highest BCUT2D eigenvalue weighted by Gasteiger charge is 2.20. The lowest BCUT2D eigenvalue weighted by atomic mass is 10.00. The van der Waals surface area contributed by atoms with Crippen LogP contribution in [0.4, 0.5) is 0 Å². The Morgan fingerprint density at radius 2 is 2.17 bits per heavy atom. The van der Waals surface area contributed by atoms with Gasteiger partial charge < -0.3 is 5.21 Å². The molecule has 1 unspecified atom stereocenters. The van der Waals surface area contributed by atoms with Gasteiger partial charge in [-0.15, -0.1) is 0 Å². The first kappa shape index (κ1) is 12.3. The van der Waals surface area contributed by atoms with E-state index >= 15 is 0 Å². The molecular formula is C13H16N4O. The van der Waals surface area contributed by atoms with E-state index in [4.69, 9.17) is 0 Å². The molecule has 0 radical (unpaired) electrons. The molecule has 2 rings (SSSR count). The van der Waals surface area contributed by atoms with E-state index in [1.54, 1.807) is 11.0 Å². The summed E-state index contributed by atoms with van der Waals surface area (Å²) in [7, 11) is 0. The van der Waals surface area contributed by atoms with Crippen LogP contribution in [0.3, 0.4) is 0 Å². The molecule has 18 heavy (non-hydrogen) atoms. The van der Waals surface area contributed by atoms with E-state index in [2.05, 4.69) is 22.2 Å². The fourth-order valence-electron chi connectivity index (χ4n) is 1.97. The second-order valence-electron chi connectivity index (χ2n) is 4.03. The Balaban J connectivity index is 2.35. The first-order chi connectivity index (χ1) is 8.86. The number of hydrogen-bond donors (Lipinski definition) is 1. The van der Waals surface area contributed by atoms with Crippen molar-refractivity contribution in [1.29, 1.82) is 0 Å². The van der Waals surface area contributed by atoms with E-state index in [1.807, 2.05) is 30.3 Å². The Morgan fingerprint density at radius 3 is 2.72 bits per heavy atom. The lowest BCUT2D eigenvalue weighted by Crippen LogP contribution is -2.21. The number of nitrogens with zero attached hydrogens (tertiary/aromatic N) is 4. The second kappa shape index (κ2) is 5.95. The molecule has 0 aliphatic heterocycles. The van der Waals surface area contributed by atoms with Gasteiger partial charge in [-0.05, 0) is 6.42 Å². The minimum atomic E-state index is -0.0927. The van der Waals surface area contributed by atoms with Crippen LogP contribution in [0, 0.1) is 0 Å². The van der Waals surface area contributed by atoms with Gasteiger partial charge in [0.2, 0.25) is 0 Å². The van der Waals surface area contributed by atoms with Crippen LogP contribution >= 0.6 is 0 Å². The normalized spacial score (nSPS) is 13.5. The third-order valence-corrected chi connectivity index (χ3v) is 2.81. The van der Waals surface area contributed by atoms with Crippen LogP contribution in [0.1, 0.15) is 31.4 Å². The molecule has 1 aromatic heterocycles. The van der Waals surface area contributed by atoms with Crippen LogP contribution in [0.15, 0.2) is 48.1 Å². The highest BCUT2D eigenvalue weighted by molar-refractivity contribution is 6.02. The number of aromatic nitrogens is 3. The standard InChI is InChI=1S/C13H16N4O/c1-2-6-12(17-10-14-9-15-17)13(16-18)11-7-4-3-5-8-11/h3-5,7-10,12,18H,2,6H2,1H3/b16-13+. The van der Waals surface area contributed by atoms with Gasteiger partial charge in [-0.3, -0.25) is 0 Å². The summed E-state index contributed by atoms with van der Waals surface area (Å²) in [5.74, 6) is 0. The molecule has 0 saturated heterocycles. The van der Waals surface area contributed by atoms with Crippen LogP contribution in [0.5, 0.6) is 0 Å². The lowest BCUT2D eigenvalue weighted by Gasteiger charge is -2.17. The third-order valence-electron chi connectivity index (χ3n) is 2.81. The molecule has 5 nitrogen and oxygen atoms in total. The molecule has 2 aromatic rings. The van der Waals surface area contributed by atoms with Gasteiger partial charge in [-0.2, -0.15) is 5.10 Å². The molecule has 0 aliphatic rings. The van der Waals surface area contributed by atoms with Crippen LogP contribution in [-0.2, 0) is 0 Å². The summed E-state index contributed by atoms with van der Waals surface area (Å²) in [6, 6.07) is 9.53. The van der Waals surface area contributed by atoms with Gasteiger partial charge in [0.05, 0.1) is 6.04 Å². The zero-order valence-electron chi connectivity index (χ0n) is 10.3. The Morgan fingerprint density at radius 1 is 1.39 bits per heavy atom. The Kier molecular flexibility index (Phi) is 4.06. The summed E-state index contributed by atoms with van der Waals surface area (Å²) in [5.41, 5.74) is 1.51. The van der Waals surface area contributed by atoms with Gasteiger partial charge in [0.15, 0.2) is 0 Å². The van der Waals surface area contributed by atoms with Gasteiger partial charge >= 0.3 is 0 Å². The molecule has 5 heteroatoms. The monoisotopic (exact) mass is 244 g/mol. The van der Waals surface area contributed by atoms with E-state index in [9.17, 15) is 5.21 Å². The molecule has 1 N–H and O–H groups in total. The van der Waals surface area contributed by atoms with Gasteiger partial charge in [0.25, 0.3) is 0 Å². The van der Waals surface area contributed by atoms with Crippen molar-refractivity contribution in [3.63, 3.8) is 0 Å². The predicted octanol–water partition coefficient (Wildman–Crippen LogP) is 2.50. The van der Waals surface area contributed by atoms with E-state index < -0.39 is 0 Å². The quantitative estimate of drug-likeness (QED) is 0.499. The van der Waals surface area contributed by atoms with E-state index in [1.165, 1.54) is 6.33 Å². The summed E-state index contributed by atoms with van der Waals surface area (Å²) in [5, 5.41) is 16.9. The summed E-state index contributed by atoms with van der Waals surface area (Å²) >= 11 is 0. The molecule has 0 aliphatic carbocycles. The van der Waals surface area contributed by atoms with Crippen molar-refractivity contribution >= 4 is 5.71 Å². The van der Waals surface area contributed by atoms with Crippen LogP contribution < -0.4 is 0 Å². The summed E-state index contributed by atoms with van der Waals surface area (Å²) in [4.78, 5) is 3.95. The van der Waals surface area contributed by atoms with Crippen molar-refractivity contribution in [2.75, 3.05) is 0 Å². The minimum Gasteiger partial charge on any atom is -0.411 e. The average Bonchev–Trinajstić information content (AvgIpc) is 2.93. The maximum Gasteiger partial charge on any atom is 0.137 e. The summed E-state index contributed by atoms with van der Waals surface area (Å²) in [6.07, 6.45) is 4.95. The van der Waals surface area contributed by atoms with E-state index in [0.717, 1.165) is 18.4 Å². The Bertz CT molecular complexity index is 493. The van der Waals surface area contributed by atoms with Crippen molar-refractivity contribution in [2.45, 2.75) is 25.8 Å². The number of rotatable bonds is 5. The topological polar surface area (TPSA) is 63.3 Å².